The minimum atomic E-state index is 0.0604. The summed E-state index contributed by atoms with van der Waals surface area (Å²) < 4.78 is 0. The van der Waals surface area contributed by atoms with E-state index in [1.807, 2.05) is 18.3 Å². The SMILES string of the molecule is CC/C=C(\C=NC)c1ccc(C2=NN=C(N(C)C3CC(C)(C)NC(C)(C)C3)CC(CC)=C2)c(O)c1. The molecule has 0 amide bonds. The third-order valence-corrected chi connectivity index (χ3v) is 6.88. The second kappa shape index (κ2) is 10.9. The summed E-state index contributed by atoms with van der Waals surface area (Å²) in [7, 11) is 3.91. The summed E-state index contributed by atoms with van der Waals surface area (Å²) in [6, 6.07) is 6.12. The van der Waals surface area contributed by atoms with Crippen molar-refractivity contribution in [2.75, 3.05) is 14.1 Å². The van der Waals surface area contributed by atoms with E-state index < -0.39 is 0 Å². The van der Waals surface area contributed by atoms with Crippen molar-refractivity contribution in [1.82, 2.24) is 10.2 Å². The van der Waals surface area contributed by atoms with E-state index in [1.165, 1.54) is 5.57 Å². The first-order valence-electron chi connectivity index (χ1n) is 12.8. The Labute approximate surface area is 211 Å². The number of nitrogens with zero attached hydrogens (tertiary/aromatic N) is 4. The van der Waals surface area contributed by atoms with Crippen molar-refractivity contribution in [2.45, 2.75) is 90.8 Å². The Morgan fingerprint density at radius 1 is 1.17 bits per heavy atom. The summed E-state index contributed by atoms with van der Waals surface area (Å²) in [5, 5.41) is 24.1. The molecule has 0 spiro atoms. The number of phenols is 1. The molecule has 2 N–H and O–H groups in total. The van der Waals surface area contributed by atoms with Crippen LogP contribution in [0.2, 0.25) is 0 Å². The summed E-state index contributed by atoms with van der Waals surface area (Å²) >= 11 is 0. The molecule has 6 heteroatoms. The number of hydrogen-bond donors (Lipinski definition) is 2. The zero-order valence-corrected chi connectivity index (χ0v) is 22.8. The van der Waals surface area contributed by atoms with Crippen LogP contribution in [-0.4, -0.2) is 59.0 Å². The molecule has 2 aliphatic rings. The molecule has 1 fully saturated rings. The minimum absolute atomic E-state index is 0.0604. The molecule has 0 atom stereocenters. The summed E-state index contributed by atoms with van der Waals surface area (Å²) in [5.41, 5.74) is 4.71. The number of piperidine rings is 1. The van der Waals surface area contributed by atoms with Gasteiger partial charge in [-0.15, -0.1) is 10.2 Å². The molecule has 2 aliphatic heterocycles. The molecule has 190 valence electrons. The smallest absolute Gasteiger partial charge is 0.131 e. The van der Waals surface area contributed by atoms with Crippen LogP contribution in [0, 0.1) is 0 Å². The standard InChI is InChI=1S/C29H43N5O/c1-9-11-22(19-30-7)21-12-13-24(26(35)16-21)25-14-20(10-2)15-27(32-31-25)34(8)23-17-28(3,4)33-29(5,6)18-23/h11-14,16,19,23,33,35H,9-10,15,17-18H2,1-8H3/b22-11+,30-19?. The highest BCUT2D eigenvalue weighted by Gasteiger charge is 2.40. The maximum Gasteiger partial charge on any atom is 0.131 e. The van der Waals surface area contributed by atoms with Crippen molar-refractivity contribution in [2.24, 2.45) is 15.2 Å². The number of amidine groups is 1. The number of hydrogen-bond acceptors (Lipinski definition) is 6. The van der Waals surface area contributed by atoms with Crippen molar-refractivity contribution in [3.05, 3.63) is 47.1 Å². The van der Waals surface area contributed by atoms with Gasteiger partial charge in [-0.2, -0.15) is 0 Å². The molecule has 2 heterocycles. The Morgan fingerprint density at radius 3 is 2.43 bits per heavy atom. The van der Waals surface area contributed by atoms with Crippen LogP contribution in [0.3, 0.4) is 0 Å². The predicted molar refractivity (Wildman–Crippen MR) is 150 cm³/mol. The van der Waals surface area contributed by atoms with Crippen LogP contribution in [0.25, 0.3) is 5.57 Å². The van der Waals surface area contributed by atoms with E-state index in [0.717, 1.165) is 49.1 Å². The molecule has 0 radical (unpaired) electrons. The first-order chi connectivity index (χ1) is 16.5. The predicted octanol–water partition coefficient (Wildman–Crippen LogP) is 5.97. The molecule has 0 unspecified atom stereocenters. The van der Waals surface area contributed by atoms with Crippen LogP contribution >= 0.6 is 0 Å². The molecule has 0 aliphatic carbocycles. The number of aliphatic imine (C=N–C) groups is 1. The van der Waals surface area contributed by atoms with Gasteiger partial charge in [0.25, 0.3) is 0 Å². The molecule has 0 aromatic heterocycles. The Balaban J connectivity index is 1.94. The van der Waals surface area contributed by atoms with Gasteiger partial charge in [0.1, 0.15) is 11.6 Å². The van der Waals surface area contributed by atoms with Gasteiger partial charge in [-0.05, 0) is 82.7 Å². The van der Waals surface area contributed by atoms with Gasteiger partial charge in [0.15, 0.2) is 0 Å². The van der Waals surface area contributed by atoms with Gasteiger partial charge < -0.3 is 15.3 Å². The number of phenolic OH excluding ortho intramolecular Hbond substituents is 1. The molecule has 6 nitrogen and oxygen atoms in total. The fraction of sp³-hybridized carbons (Fsp3) is 0.552. The Bertz CT molecular complexity index is 1060. The molecule has 1 saturated heterocycles. The average Bonchev–Trinajstić information content (AvgIpc) is 2.99. The summed E-state index contributed by atoms with van der Waals surface area (Å²) in [6.07, 6.45) is 10.7. The third-order valence-electron chi connectivity index (χ3n) is 6.88. The van der Waals surface area contributed by atoms with E-state index in [2.05, 4.69) is 81.1 Å². The van der Waals surface area contributed by atoms with Crippen LogP contribution in [0.4, 0.5) is 0 Å². The second-order valence-electron chi connectivity index (χ2n) is 11.1. The molecule has 0 bridgehead atoms. The third kappa shape index (κ3) is 6.69. The number of rotatable bonds is 6. The minimum Gasteiger partial charge on any atom is -0.507 e. The first kappa shape index (κ1) is 26.9. The quantitative estimate of drug-likeness (QED) is 0.496. The molecular weight excluding hydrogens is 434 g/mol. The second-order valence-corrected chi connectivity index (χ2v) is 11.1. The normalized spacial score (nSPS) is 20.8. The molecule has 3 rings (SSSR count). The van der Waals surface area contributed by atoms with E-state index in [-0.39, 0.29) is 16.8 Å². The Kier molecular flexibility index (Phi) is 8.37. The van der Waals surface area contributed by atoms with Crippen molar-refractivity contribution in [3.63, 3.8) is 0 Å². The summed E-state index contributed by atoms with van der Waals surface area (Å²) in [5.74, 6) is 1.18. The lowest BCUT2D eigenvalue weighted by Crippen LogP contribution is -2.62. The van der Waals surface area contributed by atoms with Gasteiger partial charge in [-0.25, -0.2) is 0 Å². The van der Waals surface area contributed by atoms with Crippen LogP contribution in [0.15, 0.2) is 51.1 Å². The molecule has 0 saturated carbocycles. The average molecular weight is 478 g/mol. The highest BCUT2D eigenvalue weighted by Crippen LogP contribution is 2.32. The van der Waals surface area contributed by atoms with Gasteiger partial charge in [0, 0.05) is 49.4 Å². The van der Waals surface area contributed by atoms with Crippen LogP contribution in [0.5, 0.6) is 5.75 Å². The highest BCUT2D eigenvalue weighted by molar-refractivity contribution is 6.13. The lowest BCUT2D eigenvalue weighted by molar-refractivity contribution is 0.113. The fourth-order valence-corrected chi connectivity index (χ4v) is 5.46. The van der Waals surface area contributed by atoms with Crippen LogP contribution < -0.4 is 5.32 Å². The maximum absolute atomic E-state index is 10.9. The topological polar surface area (TPSA) is 72.6 Å². The van der Waals surface area contributed by atoms with E-state index in [9.17, 15) is 5.11 Å². The lowest BCUT2D eigenvalue weighted by Gasteiger charge is -2.49. The summed E-state index contributed by atoms with van der Waals surface area (Å²) in [6.45, 7) is 13.4. The molecular formula is C29H43N5O. The largest absolute Gasteiger partial charge is 0.507 e. The van der Waals surface area contributed by atoms with Crippen molar-refractivity contribution < 1.29 is 5.11 Å². The zero-order chi connectivity index (χ0) is 25.8. The molecule has 35 heavy (non-hydrogen) atoms. The Hall–Kier alpha value is -2.73. The Morgan fingerprint density at radius 2 is 1.86 bits per heavy atom. The van der Waals surface area contributed by atoms with Crippen LogP contribution in [-0.2, 0) is 0 Å². The van der Waals surface area contributed by atoms with E-state index in [4.69, 9.17) is 5.10 Å². The van der Waals surface area contributed by atoms with Gasteiger partial charge in [0.05, 0.1) is 5.71 Å². The summed E-state index contributed by atoms with van der Waals surface area (Å²) in [4.78, 5) is 6.48. The van der Waals surface area contributed by atoms with Gasteiger partial charge in [-0.3, -0.25) is 4.99 Å². The van der Waals surface area contributed by atoms with E-state index >= 15 is 0 Å². The van der Waals surface area contributed by atoms with Crippen molar-refractivity contribution in [1.29, 1.82) is 0 Å². The van der Waals surface area contributed by atoms with Crippen molar-refractivity contribution >= 4 is 23.3 Å². The van der Waals surface area contributed by atoms with Gasteiger partial charge in [-0.1, -0.05) is 31.6 Å². The van der Waals surface area contributed by atoms with E-state index in [1.54, 1.807) is 13.1 Å². The molecule has 1 aromatic rings. The van der Waals surface area contributed by atoms with Gasteiger partial charge >= 0.3 is 0 Å². The van der Waals surface area contributed by atoms with Crippen molar-refractivity contribution in [3.8, 4) is 5.75 Å². The fourth-order valence-electron chi connectivity index (χ4n) is 5.46. The number of aromatic hydroxyl groups is 1. The zero-order valence-electron chi connectivity index (χ0n) is 22.8. The number of allylic oxidation sites excluding steroid dienone is 3. The first-order valence-corrected chi connectivity index (χ1v) is 12.8. The molecule has 1 aromatic carbocycles. The van der Waals surface area contributed by atoms with Gasteiger partial charge in [0.2, 0.25) is 0 Å². The monoisotopic (exact) mass is 477 g/mol. The number of benzene rings is 1. The highest BCUT2D eigenvalue weighted by atomic mass is 16.3. The van der Waals surface area contributed by atoms with E-state index in [0.29, 0.717) is 17.3 Å². The maximum atomic E-state index is 10.9. The lowest BCUT2D eigenvalue weighted by atomic mass is 9.79. The van der Waals surface area contributed by atoms with Crippen LogP contribution in [0.1, 0.15) is 84.8 Å². The number of nitrogens with one attached hydrogen (secondary N) is 1.